The molecule has 0 bridgehead atoms. The van der Waals surface area contributed by atoms with Gasteiger partial charge in [0.25, 0.3) is 5.91 Å². The zero-order valence-electron chi connectivity index (χ0n) is 17.8. The van der Waals surface area contributed by atoms with Crippen molar-refractivity contribution in [3.8, 4) is 5.75 Å². The van der Waals surface area contributed by atoms with Crippen LogP contribution in [0.3, 0.4) is 0 Å². The van der Waals surface area contributed by atoms with E-state index in [4.69, 9.17) is 4.74 Å². The number of aromatic nitrogens is 1. The summed E-state index contributed by atoms with van der Waals surface area (Å²) in [4.78, 5) is 21.6. The van der Waals surface area contributed by atoms with Crippen LogP contribution in [-0.4, -0.2) is 71.9 Å². The number of aliphatic hydroxyl groups is 1. The van der Waals surface area contributed by atoms with Crippen LogP contribution < -0.4 is 15.0 Å². The number of rotatable bonds is 6. The zero-order chi connectivity index (χ0) is 20.6. The van der Waals surface area contributed by atoms with Crippen molar-refractivity contribution in [1.29, 1.82) is 0 Å². The summed E-state index contributed by atoms with van der Waals surface area (Å²) < 4.78 is 5.83. The molecule has 164 valence electrons. The molecule has 0 aromatic carbocycles. The van der Waals surface area contributed by atoms with Crippen LogP contribution in [0.1, 0.15) is 50.5 Å². The molecule has 0 spiro atoms. The largest absolute Gasteiger partial charge is 0.489 e. The number of pyridine rings is 1. The summed E-state index contributed by atoms with van der Waals surface area (Å²) in [7, 11) is 0. The molecule has 0 atom stereocenters. The molecule has 5 rings (SSSR count). The Balaban J connectivity index is 1.02. The van der Waals surface area contributed by atoms with Gasteiger partial charge in [-0.15, -0.1) is 0 Å². The van der Waals surface area contributed by atoms with E-state index in [0.717, 1.165) is 76.1 Å². The summed E-state index contributed by atoms with van der Waals surface area (Å²) in [6.07, 6.45) is 9.86. The van der Waals surface area contributed by atoms with Gasteiger partial charge in [-0.25, -0.2) is 4.98 Å². The zero-order valence-corrected chi connectivity index (χ0v) is 17.8. The second kappa shape index (κ2) is 8.35. The number of anilines is 1. The van der Waals surface area contributed by atoms with E-state index >= 15 is 0 Å². The molecule has 0 radical (unpaired) electrons. The molecule has 1 saturated heterocycles. The molecular formula is C23H34N4O3. The van der Waals surface area contributed by atoms with Crippen LogP contribution in [0.15, 0.2) is 12.3 Å². The van der Waals surface area contributed by atoms with E-state index in [0.29, 0.717) is 12.8 Å². The lowest BCUT2D eigenvalue weighted by Gasteiger charge is -2.37. The van der Waals surface area contributed by atoms with Crippen LogP contribution in [0.2, 0.25) is 0 Å². The lowest BCUT2D eigenvalue weighted by Crippen LogP contribution is -2.47. The van der Waals surface area contributed by atoms with Gasteiger partial charge in [-0.1, -0.05) is 0 Å². The number of hydrogen-bond acceptors (Lipinski definition) is 6. The highest BCUT2D eigenvalue weighted by Crippen LogP contribution is 2.36. The van der Waals surface area contributed by atoms with Gasteiger partial charge in [0.15, 0.2) is 11.6 Å². The number of piperazine rings is 1. The van der Waals surface area contributed by atoms with E-state index < -0.39 is 5.60 Å². The van der Waals surface area contributed by atoms with Crippen LogP contribution >= 0.6 is 0 Å². The monoisotopic (exact) mass is 414 g/mol. The molecule has 7 nitrogen and oxygen atoms in total. The number of carbonyl (C=O) groups excluding carboxylic acids is 1. The summed E-state index contributed by atoms with van der Waals surface area (Å²) in [6.45, 7) is 6.11. The molecule has 30 heavy (non-hydrogen) atoms. The van der Waals surface area contributed by atoms with E-state index in [-0.39, 0.29) is 11.9 Å². The first-order valence-corrected chi connectivity index (χ1v) is 11.7. The Morgan fingerprint density at radius 2 is 1.97 bits per heavy atom. The number of nitrogens with one attached hydrogen (secondary N) is 1. The van der Waals surface area contributed by atoms with Crippen molar-refractivity contribution >= 4 is 11.7 Å². The standard InChI is InChI=1S/C23H34N4O3/c28-22(23(29)8-9-23)25-19-3-1-17(2-4-19)6-11-26-12-14-27(15-13-26)21-20-18(5-10-24-21)7-16-30-20/h5,10,17,19,29H,1-4,6-9,11-16H2,(H,25,28). The van der Waals surface area contributed by atoms with Gasteiger partial charge in [-0.05, 0) is 63.5 Å². The highest BCUT2D eigenvalue weighted by atomic mass is 16.5. The average molecular weight is 415 g/mol. The predicted octanol–water partition coefficient (Wildman–Crippen LogP) is 1.73. The molecule has 2 aliphatic carbocycles. The second-order valence-electron chi connectivity index (χ2n) is 9.56. The molecule has 2 saturated carbocycles. The van der Waals surface area contributed by atoms with Gasteiger partial charge in [-0.3, -0.25) is 9.69 Å². The second-order valence-corrected chi connectivity index (χ2v) is 9.56. The number of hydrogen-bond donors (Lipinski definition) is 2. The number of ether oxygens (including phenoxy) is 1. The van der Waals surface area contributed by atoms with E-state index in [2.05, 4.69) is 26.2 Å². The smallest absolute Gasteiger partial charge is 0.252 e. The first-order chi connectivity index (χ1) is 14.6. The summed E-state index contributed by atoms with van der Waals surface area (Å²) in [5.41, 5.74) is 0.251. The summed E-state index contributed by atoms with van der Waals surface area (Å²) in [5.74, 6) is 2.64. The van der Waals surface area contributed by atoms with Gasteiger partial charge in [-0.2, -0.15) is 0 Å². The van der Waals surface area contributed by atoms with Crippen molar-refractivity contribution in [2.24, 2.45) is 5.92 Å². The van der Waals surface area contributed by atoms with Gasteiger partial charge in [0.2, 0.25) is 0 Å². The third kappa shape index (κ3) is 4.28. The van der Waals surface area contributed by atoms with Gasteiger partial charge >= 0.3 is 0 Å². The normalized spacial score (nSPS) is 28.0. The highest BCUT2D eigenvalue weighted by molar-refractivity contribution is 5.87. The van der Waals surface area contributed by atoms with Crippen molar-refractivity contribution in [3.05, 3.63) is 17.8 Å². The summed E-state index contributed by atoms with van der Waals surface area (Å²) >= 11 is 0. The predicted molar refractivity (Wildman–Crippen MR) is 115 cm³/mol. The third-order valence-electron chi connectivity index (χ3n) is 7.44. The fraction of sp³-hybridized carbons (Fsp3) is 0.739. The Morgan fingerprint density at radius 1 is 1.20 bits per heavy atom. The van der Waals surface area contributed by atoms with E-state index in [9.17, 15) is 9.90 Å². The number of amides is 1. The minimum absolute atomic E-state index is 0.146. The topological polar surface area (TPSA) is 77.9 Å². The van der Waals surface area contributed by atoms with Crippen molar-refractivity contribution in [2.45, 2.75) is 63.0 Å². The Hall–Kier alpha value is -1.86. The quantitative estimate of drug-likeness (QED) is 0.738. The molecule has 2 aliphatic heterocycles. The Kier molecular flexibility index (Phi) is 5.58. The number of nitrogens with zero attached hydrogens (tertiary/aromatic N) is 3. The molecule has 4 aliphatic rings. The molecule has 1 amide bonds. The minimum atomic E-state index is -1.04. The third-order valence-corrected chi connectivity index (χ3v) is 7.44. The van der Waals surface area contributed by atoms with E-state index in [1.807, 2.05) is 6.20 Å². The van der Waals surface area contributed by atoms with Crippen molar-refractivity contribution in [1.82, 2.24) is 15.2 Å². The molecular weight excluding hydrogens is 380 g/mol. The van der Waals surface area contributed by atoms with Crippen LogP contribution in [0, 0.1) is 5.92 Å². The Bertz CT molecular complexity index is 766. The maximum absolute atomic E-state index is 12.0. The fourth-order valence-electron chi connectivity index (χ4n) is 5.13. The molecule has 0 unspecified atom stereocenters. The van der Waals surface area contributed by atoms with Crippen molar-refractivity contribution < 1.29 is 14.6 Å². The van der Waals surface area contributed by atoms with E-state index in [1.165, 1.54) is 24.8 Å². The lowest BCUT2D eigenvalue weighted by atomic mass is 9.84. The molecule has 7 heteroatoms. The molecule has 1 aromatic heterocycles. The Labute approximate surface area is 178 Å². The maximum Gasteiger partial charge on any atom is 0.252 e. The van der Waals surface area contributed by atoms with E-state index in [1.54, 1.807) is 0 Å². The SMILES string of the molecule is O=C(NC1CCC(CCN2CCN(c3nccc4c3OCC4)CC2)CC1)C1(O)CC1. The number of fused-ring (bicyclic) bond motifs is 1. The van der Waals surface area contributed by atoms with Gasteiger partial charge in [0, 0.05) is 50.4 Å². The van der Waals surface area contributed by atoms with Gasteiger partial charge in [0.1, 0.15) is 5.60 Å². The first kappa shape index (κ1) is 20.1. The molecule has 2 N–H and O–H groups in total. The minimum Gasteiger partial charge on any atom is -0.489 e. The van der Waals surface area contributed by atoms with Crippen LogP contribution in [0.4, 0.5) is 5.82 Å². The van der Waals surface area contributed by atoms with Gasteiger partial charge in [0.05, 0.1) is 6.61 Å². The molecule has 3 fully saturated rings. The highest BCUT2D eigenvalue weighted by Gasteiger charge is 2.48. The van der Waals surface area contributed by atoms with Crippen molar-refractivity contribution in [2.75, 3.05) is 44.2 Å². The van der Waals surface area contributed by atoms with Crippen LogP contribution in [0.5, 0.6) is 5.75 Å². The molecule has 1 aromatic rings. The summed E-state index contributed by atoms with van der Waals surface area (Å²) in [6, 6.07) is 2.33. The lowest BCUT2D eigenvalue weighted by molar-refractivity contribution is -0.132. The Morgan fingerprint density at radius 3 is 2.70 bits per heavy atom. The first-order valence-electron chi connectivity index (χ1n) is 11.7. The van der Waals surface area contributed by atoms with Crippen LogP contribution in [0.25, 0.3) is 0 Å². The fourth-order valence-corrected chi connectivity index (χ4v) is 5.13. The summed E-state index contributed by atoms with van der Waals surface area (Å²) in [5, 5.41) is 13.0. The maximum atomic E-state index is 12.0. The molecule has 3 heterocycles. The van der Waals surface area contributed by atoms with Crippen LogP contribution in [-0.2, 0) is 11.2 Å². The van der Waals surface area contributed by atoms with Crippen molar-refractivity contribution in [3.63, 3.8) is 0 Å². The number of carbonyl (C=O) groups is 1. The average Bonchev–Trinajstić information content (AvgIpc) is 3.34. The van der Waals surface area contributed by atoms with Gasteiger partial charge < -0.3 is 20.1 Å².